The van der Waals surface area contributed by atoms with Crippen molar-refractivity contribution in [3.8, 4) is 11.4 Å². The van der Waals surface area contributed by atoms with Crippen LogP contribution in [0, 0.1) is 0 Å². The van der Waals surface area contributed by atoms with Crippen LogP contribution in [0.2, 0.25) is 0 Å². The van der Waals surface area contributed by atoms with Crippen LogP contribution in [0.3, 0.4) is 0 Å². The lowest BCUT2D eigenvalue weighted by Crippen LogP contribution is -2.23. The molecule has 0 spiro atoms. The minimum absolute atomic E-state index is 0.128. The van der Waals surface area contributed by atoms with Gasteiger partial charge in [-0.2, -0.15) is 5.10 Å². The SMILES string of the molecule is COc1cccc(CNC(=O)CCc2nc3c(cnn3-c3ccccc3)c(=O)[nH]2)c1. The van der Waals surface area contributed by atoms with E-state index >= 15 is 0 Å². The van der Waals surface area contributed by atoms with Gasteiger partial charge in [-0.25, -0.2) is 9.67 Å². The Kier molecular flexibility index (Phi) is 5.56. The molecule has 0 radical (unpaired) electrons. The molecule has 152 valence electrons. The number of carbonyl (C=O) groups excluding carboxylic acids is 1. The molecule has 0 atom stereocenters. The van der Waals surface area contributed by atoms with Gasteiger partial charge in [0.1, 0.15) is 17.0 Å². The second-order valence-electron chi connectivity index (χ2n) is 6.77. The zero-order chi connectivity index (χ0) is 20.9. The van der Waals surface area contributed by atoms with E-state index in [1.807, 2.05) is 54.6 Å². The van der Waals surface area contributed by atoms with Crippen LogP contribution in [0.15, 0.2) is 65.6 Å². The maximum absolute atomic E-state index is 12.4. The first-order valence-electron chi connectivity index (χ1n) is 9.56. The second kappa shape index (κ2) is 8.60. The maximum Gasteiger partial charge on any atom is 0.262 e. The quantitative estimate of drug-likeness (QED) is 0.493. The van der Waals surface area contributed by atoms with E-state index in [-0.39, 0.29) is 17.9 Å². The third-order valence-electron chi connectivity index (χ3n) is 4.70. The Bertz CT molecular complexity index is 1230. The lowest BCUT2D eigenvalue weighted by atomic mass is 10.2. The van der Waals surface area contributed by atoms with Crippen molar-refractivity contribution >= 4 is 16.9 Å². The Balaban J connectivity index is 1.45. The number of nitrogens with zero attached hydrogens (tertiary/aromatic N) is 3. The summed E-state index contributed by atoms with van der Waals surface area (Å²) in [4.78, 5) is 31.9. The number of nitrogens with one attached hydrogen (secondary N) is 2. The van der Waals surface area contributed by atoms with Crippen LogP contribution in [0.25, 0.3) is 16.7 Å². The average Bonchev–Trinajstić information content (AvgIpc) is 3.21. The Morgan fingerprint density at radius 2 is 2.00 bits per heavy atom. The number of para-hydroxylation sites is 1. The number of ether oxygens (including phenoxy) is 1. The van der Waals surface area contributed by atoms with Crippen molar-refractivity contribution in [2.75, 3.05) is 7.11 Å². The highest BCUT2D eigenvalue weighted by Gasteiger charge is 2.12. The lowest BCUT2D eigenvalue weighted by molar-refractivity contribution is -0.121. The zero-order valence-electron chi connectivity index (χ0n) is 16.5. The highest BCUT2D eigenvalue weighted by atomic mass is 16.5. The largest absolute Gasteiger partial charge is 0.497 e. The van der Waals surface area contributed by atoms with Gasteiger partial charge >= 0.3 is 0 Å². The Hall–Kier alpha value is -3.94. The van der Waals surface area contributed by atoms with Crippen molar-refractivity contribution in [1.82, 2.24) is 25.1 Å². The van der Waals surface area contributed by atoms with E-state index in [0.717, 1.165) is 17.0 Å². The molecule has 4 aromatic rings. The number of aromatic nitrogens is 4. The van der Waals surface area contributed by atoms with Gasteiger partial charge in [-0.15, -0.1) is 0 Å². The molecule has 2 heterocycles. The molecule has 0 saturated carbocycles. The monoisotopic (exact) mass is 403 g/mol. The zero-order valence-corrected chi connectivity index (χ0v) is 16.5. The van der Waals surface area contributed by atoms with Crippen LogP contribution in [0.5, 0.6) is 5.75 Å². The number of H-pyrrole nitrogens is 1. The molecule has 0 aliphatic rings. The molecule has 2 aromatic heterocycles. The van der Waals surface area contributed by atoms with Gasteiger partial charge in [-0.05, 0) is 29.8 Å². The van der Waals surface area contributed by atoms with Crippen LogP contribution < -0.4 is 15.6 Å². The van der Waals surface area contributed by atoms with Crippen LogP contribution >= 0.6 is 0 Å². The standard InChI is InChI=1S/C22H21N5O3/c1-30-17-9-5-6-15(12-17)13-23-20(28)11-10-19-25-21-18(22(29)26-19)14-24-27(21)16-7-3-2-4-8-16/h2-9,12,14H,10-11,13H2,1H3,(H,23,28)(H,25,26,29). The molecule has 30 heavy (non-hydrogen) atoms. The first-order chi connectivity index (χ1) is 14.6. The molecule has 0 aliphatic heterocycles. The number of amides is 1. The molecule has 0 unspecified atom stereocenters. The minimum Gasteiger partial charge on any atom is -0.497 e. The summed E-state index contributed by atoms with van der Waals surface area (Å²) in [5, 5.41) is 7.56. The van der Waals surface area contributed by atoms with Crippen LogP contribution in [-0.2, 0) is 17.8 Å². The number of aryl methyl sites for hydroxylation is 1. The van der Waals surface area contributed by atoms with Gasteiger partial charge in [0, 0.05) is 19.4 Å². The summed E-state index contributed by atoms with van der Waals surface area (Å²) >= 11 is 0. The average molecular weight is 403 g/mol. The van der Waals surface area contributed by atoms with Gasteiger partial charge in [0.15, 0.2) is 5.65 Å². The predicted octanol–water partition coefficient (Wildman–Crippen LogP) is 2.37. The van der Waals surface area contributed by atoms with Crippen molar-refractivity contribution in [2.45, 2.75) is 19.4 Å². The molecule has 2 N–H and O–H groups in total. The smallest absolute Gasteiger partial charge is 0.262 e. The lowest BCUT2D eigenvalue weighted by Gasteiger charge is -2.07. The fourth-order valence-corrected chi connectivity index (χ4v) is 3.14. The van der Waals surface area contributed by atoms with Gasteiger partial charge in [0.05, 0.1) is 19.0 Å². The Labute approximate surface area is 172 Å². The Morgan fingerprint density at radius 3 is 2.80 bits per heavy atom. The number of methoxy groups -OCH3 is 1. The van der Waals surface area contributed by atoms with E-state index in [4.69, 9.17) is 4.74 Å². The van der Waals surface area contributed by atoms with Crippen LogP contribution in [0.1, 0.15) is 17.8 Å². The summed E-state index contributed by atoms with van der Waals surface area (Å²) in [5.74, 6) is 1.06. The maximum atomic E-state index is 12.4. The highest BCUT2D eigenvalue weighted by Crippen LogP contribution is 2.14. The molecular weight excluding hydrogens is 382 g/mol. The molecule has 1 amide bonds. The second-order valence-corrected chi connectivity index (χ2v) is 6.77. The molecule has 0 saturated heterocycles. The topological polar surface area (TPSA) is 102 Å². The summed E-state index contributed by atoms with van der Waals surface area (Å²) in [6.07, 6.45) is 2.02. The Morgan fingerprint density at radius 1 is 1.17 bits per heavy atom. The predicted molar refractivity (Wildman–Crippen MR) is 113 cm³/mol. The fourth-order valence-electron chi connectivity index (χ4n) is 3.14. The number of benzene rings is 2. The van der Waals surface area contributed by atoms with Crippen molar-refractivity contribution in [3.63, 3.8) is 0 Å². The van der Waals surface area contributed by atoms with Gasteiger partial charge in [0.25, 0.3) is 5.56 Å². The third-order valence-corrected chi connectivity index (χ3v) is 4.70. The molecule has 4 rings (SSSR count). The number of aromatic amines is 1. The number of carbonyl (C=O) groups is 1. The van der Waals surface area contributed by atoms with Crippen molar-refractivity contribution in [2.24, 2.45) is 0 Å². The molecule has 2 aromatic carbocycles. The van der Waals surface area contributed by atoms with Gasteiger partial charge < -0.3 is 15.0 Å². The molecule has 8 nitrogen and oxygen atoms in total. The van der Waals surface area contributed by atoms with Crippen molar-refractivity contribution < 1.29 is 9.53 Å². The number of hydrogen-bond donors (Lipinski definition) is 2. The van der Waals surface area contributed by atoms with Crippen LogP contribution in [-0.4, -0.2) is 32.8 Å². The first-order valence-corrected chi connectivity index (χ1v) is 9.56. The molecule has 0 bridgehead atoms. The van der Waals surface area contributed by atoms with E-state index in [9.17, 15) is 9.59 Å². The van der Waals surface area contributed by atoms with Crippen molar-refractivity contribution in [3.05, 3.63) is 82.5 Å². The summed E-state index contributed by atoms with van der Waals surface area (Å²) in [6, 6.07) is 17.0. The number of hydrogen-bond acceptors (Lipinski definition) is 5. The third kappa shape index (κ3) is 4.22. The minimum atomic E-state index is -0.269. The summed E-state index contributed by atoms with van der Waals surface area (Å²) in [6.45, 7) is 0.403. The number of rotatable bonds is 7. The van der Waals surface area contributed by atoms with Crippen molar-refractivity contribution in [1.29, 1.82) is 0 Å². The highest BCUT2D eigenvalue weighted by molar-refractivity contribution is 5.77. The number of fused-ring (bicyclic) bond motifs is 1. The molecule has 8 heteroatoms. The van der Waals surface area contributed by atoms with E-state index in [2.05, 4.69) is 20.4 Å². The fraction of sp³-hybridized carbons (Fsp3) is 0.182. The van der Waals surface area contributed by atoms with Crippen LogP contribution in [0.4, 0.5) is 0 Å². The first kappa shape index (κ1) is 19.4. The van der Waals surface area contributed by atoms with Gasteiger partial charge in [-0.1, -0.05) is 30.3 Å². The van der Waals surface area contributed by atoms with Gasteiger partial charge in [0.2, 0.25) is 5.91 Å². The summed E-state index contributed by atoms with van der Waals surface area (Å²) in [5.41, 5.74) is 1.96. The molecule has 0 fully saturated rings. The van der Waals surface area contributed by atoms with E-state index in [0.29, 0.717) is 29.8 Å². The summed E-state index contributed by atoms with van der Waals surface area (Å²) in [7, 11) is 1.60. The normalized spacial score (nSPS) is 10.8. The van der Waals surface area contributed by atoms with Gasteiger partial charge in [-0.3, -0.25) is 9.59 Å². The molecular formula is C22H21N5O3. The van der Waals surface area contributed by atoms with E-state index in [1.165, 1.54) is 6.20 Å². The molecule has 0 aliphatic carbocycles. The summed E-state index contributed by atoms with van der Waals surface area (Å²) < 4.78 is 6.81. The van der Waals surface area contributed by atoms with E-state index < -0.39 is 0 Å². The van der Waals surface area contributed by atoms with E-state index in [1.54, 1.807) is 11.8 Å².